The van der Waals surface area contributed by atoms with Crippen molar-refractivity contribution in [2.45, 2.75) is 33.0 Å². The summed E-state index contributed by atoms with van der Waals surface area (Å²) in [5.41, 5.74) is 4.86. The van der Waals surface area contributed by atoms with Crippen LogP contribution in [-0.2, 0) is 13.1 Å². The lowest BCUT2D eigenvalue weighted by atomic mass is 10.0. The second-order valence-corrected chi connectivity index (χ2v) is 8.07. The van der Waals surface area contributed by atoms with Crippen LogP contribution in [0.1, 0.15) is 22.3 Å². The minimum atomic E-state index is -0.612. The van der Waals surface area contributed by atoms with Crippen LogP contribution < -0.4 is 14.2 Å². The molecule has 0 spiro atoms. The number of rotatable bonds is 9. The number of benzene rings is 3. The van der Waals surface area contributed by atoms with Crippen LogP contribution >= 0.6 is 0 Å². The molecule has 0 unspecified atom stereocenters. The normalized spacial score (nSPS) is 13.4. The highest BCUT2D eigenvalue weighted by molar-refractivity contribution is 5.44. The van der Waals surface area contributed by atoms with Gasteiger partial charge >= 0.3 is 0 Å². The van der Waals surface area contributed by atoms with Gasteiger partial charge in [-0.05, 0) is 54.8 Å². The Bertz CT molecular complexity index is 1010. The summed E-state index contributed by atoms with van der Waals surface area (Å²) in [5.74, 6) is 2.32. The Hall–Kier alpha value is -3.02. The SMILES string of the molecule is Cc1ccc(C)c(CN(Cc2ccc3c(c2)OCO3)C[C@H](O)COc2ccccc2)c1. The van der Waals surface area contributed by atoms with Crippen molar-refractivity contribution in [1.82, 2.24) is 4.90 Å². The Morgan fingerprint density at radius 1 is 0.935 bits per heavy atom. The minimum absolute atomic E-state index is 0.244. The van der Waals surface area contributed by atoms with Crippen LogP contribution in [0.2, 0.25) is 0 Å². The summed E-state index contributed by atoms with van der Waals surface area (Å²) >= 11 is 0. The van der Waals surface area contributed by atoms with Crippen molar-refractivity contribution in [3.8, 4) is 17.2 Å². The van der Waals surface area contributed by atoms with Crippen LogP contribution in [0.5, 0.6) is 17.2 Å². The van der Waals surface area contributed by atoms with Gasteiger partial charge in [0.15, 0.2) is 11.5 Å². The van der Waals surface area contributed by atoms with Crippen LogP contribution in [0.15, 0.2) is 66.7 Å². The van der Waals surface area contributed by atoms with E-state index in [-0.39, 0.29) is 13.4 Å². The van der Waals surface area contributed by atoms with Gasteiger partial charge in [-0.15, -0.1) is 0 Å². The first kappa shape index (κ1) is 21.2. The van der Waals surface area contributed by atoms with Crippen molar-refractivity contribution in [1.29, 1.82) is 0 Å². The van der Waals surface area contributed by atoms with Crippen LogP contribution in [0.25, 0.3) is 0 Å². The van der Waals surface area contributed by atoms with E-state index >= 15 is 0 Å². The lowest BCUT2D eigenvalue weighted by molar-refractivity contribution is 0.0627. The molecule has 0 saturated heterocycles. The summed E-state index contributed by atoms with van der Waals surface area (Å²) in [6.45, 7) is 6.66. The van der Waals surface area contributed by atoms with E-state index in [1.54, 1.807) is 0 Å². The molecule has 5 heteroatoms. The molecule has 0 radical (unpaired) electrons. The highest BCUT2D eigenvalue weighted by Gasteiger charge is 2.18. The maximum Gasteiger partial charge on any atom is 0.231 e. The van der Waals surface area contributed by atoms with E-state index in [4.69, 9.17) is 14.2 Å². The van der Waals surface area contributed by atoms with Gasteiger partial charge in [0.1, 0.15) is 18.5 Å². The van der Waals surface area contributed by atoms with Gasteiger partial charge < -0.3 is 19.3 Å². The number of fused-ring (bicyclic) bond motifs is 1. The van der Waals surface area contributed by atoms with E-state index in [1.807, 2.05) is 42.5 Å². The molecule has 3 aromatic rings. The predicted octanol–water partition coefficient (Wildman–Crippen LogP) is 4.47. The Kier molecular flexibility index (Phi) is 6.75. The second kappa shape index (κ2) is 9.86. The largest absolute Gasteiger partial charge is 0.491 e. The van der Waals surface area contributed by atoms with Crippen molar-refractivity contribution in [2.24, 2.45) is 0 Å². The fourth-order valence-corrected chi connectivity index (χ4v) is 3.75. The molecule has 0 aliphatic carbocycles. The molecule has 0 aromatic heterocycles. The topological polar surface area (TPSA) is 51.2 Å². The smallest absolute Gasteiger partial charge is 0.231 e. The third kappa shape index (κ3) is 5.78. The Labute approximate surface area is 183 Å². The summed E-state index contributed by atoms with van der Waals surface area (Å²) in [5, 5.41) is 10.7. The maximum absolute atomic E-state index is 10.7. The number of ether oxygens (including phenoxy) is 3. The van der Waals surface area contributed by atoms with Gasteiger partial charge in [-0.2, -0.15) is 0 Å². The maximum atomic E-state index is 10.7. The van der Waals surface area contributed by atoms with Gasteiger partial charge in [0.05, 0.1) is 0 Å². The fourth-order valence-electron chi connectivity index (χ4n) is 3.75. The Morgan fingerprint density at radius 2 is 1.74 bits per heavy atom. The van der Waals surface area contributed by atoms with Gasteiger partial charge in [0.25, 0.3) is 0 Å². The van der Waals surface area contributed by atoms with Crippen molar-refractivity contribution >= 4 is 0 Å². The molecule has 1 heterocycles. The summed E-state index contributed by atoms with van der Waals surface area (Å²) in [6.07, 6.45) is -0.612. The molecule has 31 heavy (non-hydrogen) atoms. The van der Waals surface area contributed by atoms with E-state index in [9.17, 15) is 5.11 Å². The molecule has 0 saturated carbocycles. The summed E-state index contributed by atoms with van der Waals surface area (Å²) in [7, 11) is 0. The average Bonchev–Trinajstić information content (AvgIpc) is 3.23. The number of hydrogen-bond donors (Lipinski definition) is 1. The van der Waals surface area contributed by atoms with Crippen molar-refractivity contribution < 1.29 is 19.3 Å². The van der Waals surface area contributed by atoms with Crippen LogP contribution in [0, 0.1) is 13.8 Å². The molecule has 0 fully saturated rings. The molecule has 1 N–H and O–H groups in total. The Morgan fingerprint density at radius 3 is 2.58 bits per heavy atom. The van der Waals surface area contributed by atoms with Crippen LogP contribution in [0.3, 0.4) is 0 Å². The summed E-state index contributed by atoms with van der Waals surface area (Å²) in [6, 6.07) is 22.1. The molecule has 0 amide bonds. The molecule has 0 bridgehead atoms. The predicted molar refractivity (Wildman–Crippen MR) is 121 cm³/mol. The van der Waals surface area contributed by atoms with Gasteiger partial charge in [0, 0.05) is 19.6 Å². The fraction of sp³-hybridized carbons (Fsp3) is 0.308. The van der Waals surface area contributed by atoms with E-state index in [2.05, 4.69) is 43.0 Å². The van der Waals surface area contributed by atoms with Crippen LogP contribution in [0.4, 0.5) is 0 Å². The zero-order chi connectivity index (χ0) is 21.6. The van der Waals surface area contributed by atoms with Gasteiger partial charge in [-0.1, -0.05) is 48.0 Å². The van der Waals surface area contributed by atoms with Gasteiger partial charge in [-0.25, -0.2) is 0 Å². The minimum Gasteiger partial charge on any atom is -0.491 e. The molecule has 3 aromatic carbocycles. The zero-order valence-corrected chi connectivity index (χ0v) is 18.1. The third-order valence-corrected chi connectivity index (χ3v) is 5.40. The third-order valence-electron chi connectivity index (χ3n) is 5.40. The highest BCUT2D eigenvalue weighted by atomic mass is 16.7. The first-order valence-corrected chi connectivity index (χ1v) is 10.6. The molecular formula is C26H29NO4. The van der Waals surface area contributed by atoms with E-state index in [0.717, 1.165) is 29.4 Å². The van der Waals surface area contributed by atoms with Crippen molar-refractivity contribution in [3.05, 3.63) is 89.0 Å². The van der Waals surface area contributed by atoms with Crippen molar-refractivity contribution in [3.63, 3.8) is 0 Å². The highest BCUT2D eigenvalue weighted by Crippen LogP contribution is 2.33. The lowest BCUT2D eigenvalue weighted by Crippen LogP contribution is -2.35. The summed E-state index contributed by atoms with van der Waals surface area (Å²) < 4.78 is 16.7. The molecule has 162 valence electrons. The molecule has 1 aliphatic rings. The van der Waals surface area contributed by atoms with E-state index in [1.165, 1.54) is 16.7 Å². The molecule has 4 rings (SSSR count). The number of aliphatic hydroxyl groups is 1. The Balaban J connectivity index is 1.46. The van der Waals surface area contributed by atoms with Gasteiger partial charge in [-0.3, -0.25) is 4.90 Å². The first-order valence-electron chi connectivity index (χ1n) is 10.6. The van der Waals surface area contributed by atoms with Crippen LogP contribution in [-0.4, -0.2) is 36.1 Å². The monoisotopic (exact) mass is 419 g/mol. The molecular weight excluding hydrogens is 390 g/mol. The molecule has 1 aliphatic heterocycles. The molecule has 5 nitrogen and oxygen atoms in total. The lowest BCUT2D eigenvalue weighted by Gasteiger charge is -2.26. The van der Waals surface area contributed by atoms with E-state index in [0.29, 0.717) is 13.1 Å². The average molecular weight is 420 g/mol. The van der Waals surface area contributed by atoms with Crippen molar-refractivity contribution in [2.75, 3.05) is 19.9 Å². The number of nitrogens with zero attached hydrogens (tertiary/aromatic N) is 1. The molecule has 1 atom stereocenters. The standard InChI is InChI=1S/C26H29NO4/c1-19-8-9-20(2)22(12-19)15-27(14-21-10-11-25-26(13-21)31-18-30-25)16-23(28)17-29-24-6-4-3-5-7-24/h3-13,23,28H,14-18H2,1-2H3/t23-/m0/s1. The van der Waals surface area contributed by atoms with E-state index < -0.39 is 6.10 Å². The first-order chi connectivity index (χ1) is 15.1. The number of hydrogen-bond acceptors (Lipinski definition) is 5. The quantitative estimate of drug-likeness (QED) is 0.554. The van der Waals surface area contributed by atoms with Gasteiger partial charge in [0.2, 0.25) is 6.79 Å². The number of aliphatic hydroxyl groups excluding tert-OH is 1. The second-order valence-electron chi connectivity index (χ2n) is 8.07. The number of para-hydroxylation sites is 1. The number of aryl methyl sites for hydroxylation is 2. The zero-order valence-electron chi connectivity index (χ0n) is 18.1. The summed E-state index contributed by atoms with van der Waals surface area (Å²) in [4.78, 5) is 2.25.